The van der Waals surface area contributed by atoms with Crippen LogP contribution in [-0.4, -0.2) is 23.1 Å². The Hall–Kier alpha value is -2.66. The first-order valence-corrected chi connectivity index (χ1v) is 6.87. The number of para-hydroxylation sites is 1. The molecule has 5 nitrogen and oxygen atoms in total. The molecule has 0 bridgehead atoms. The van der Waals surface area contributed by atoms with Gasteiger partial charge in [0.2, 0.25) is 0 Å². The minimum absolute atomic E-state index is 0.420. The molecule has 0 fully saturated rings. The molecule has 2 aromatic rings. The number of anilines is 1. The van der Waals surface area contributed by atoms with Gasteiger partial charge in [0.05, 0.1) is 0 Å². The maximum atomic E-state index is 11.9. The zero-order chi connectivity index (χ0) is 15.9. The first kappa shape index (κ1) is 15.7. The molecular formula is C17H17NO4. The molecule has 2 atom stereocenters. The van der Waals surface area contributed by atoms with Gasteiger partial charge in [-0.15, -0.1) is 0 Å². The number of aliphatic hydroxyl groups excluding tert-OH is 1. The van der Waals surface area contributed by atoms with E-state index in [0.29, 0.717) is 11.3 Å². The zero-order valence-electron chi connectivity index (χ0n) is 12.1. The second-order valence-corrected chi connectivity index (χ2v) is 4.75. The van der Waals surface area contributed by atoms with Crippen molar-refractivity contribution in [3.05, 3.63) is 66.2 Å². The predicted octanol–water partition coefficient (Wildman–Crippen LogP) is 2.29. The summed E-state index contributed by atoms with van der Waals surface area (Å²) in [6.07, 6.45) is -2.42. The van der Waals surface area contributed by atoms with Crippen molar-refractivity contribution in [3.63, 3.8) is 0 Å². The molecule has 0 spiro atoms. The van der Waals surface area contributed by atoms with Gasteiger partial charge in [0.25, 0.3) is 5.91 Å². The van der Waals surface area contributed by atoms with Gasteiger partial charge < -0.3 is 15.2 Å². The number of esters is 1. The molecule has 0 radical (unpaired) electrons. The molecule has 2 rings (SSSR count). The summed E-state index contributed by atoms with van der Waals surface area (Å²) >= 11 is 0. The lowest BCUT2D eigenvalue weighted by atomic mass is 10.1. The number of carbonyl (C=O) groups excluding carboxylic acids is 2. The van der Waals surface area contributed by atoms with E-state index in [0.717, 1.165) is 0 Å². The predicted molar refractivity (Wildman–Crippen MR) is 82.0 cm³/mol. The van der Waals surface area contributed by atoms with Crippen molar-refractivity contribution >= 4 is 17.6 Å². The molecule has 0 aromatic heterocycles. The van der Waals surface area contributed by atoms with Crippen LogP contribution in [-0.2, 0) is 14.3 Å². The van der Waals surface area contributed by atoms with Crippen molar-refractivity contribution in [2.45, 2.75) is 19.1 Å². The van der Waals surface area contributed by atoms with Crippen LogP contribution in [0.3, 0.4) is 0 Å². The van der Waals surface area contributed by atoms with Crippen LogP contribution in [0.4, 0.5) is 5.69 Å². The van der Waals surface area contributed by atoms with Crippen molar-refractivity contribution < 1.29 is 19.4 Å². The minimum atomic E-state index is -1.41. The summed E-state index contributed by atoms with van der Waals surface area (Å²) in [5.41, 5.74) is 1.03. The number of ether oxygens (including phenoxy) is 1. The first-order valence-electron chi connectivity index (χ1n) is 6.87. The van der Waals surface area contributed by atoms with Crippen LogP contribution in [0.25, 0.3) is 0 Å². The molecule has 1 amide bonds. The summed E-state index contributed by atoms with van der Waals surface area (Å²) in [6.45, 7) is 1.45. The van der Waals surface area contributed by atoms with E-state index in [1.807, 2.05) is 6.07 Å². The molecule has 2 N–H and O–H groups in total. The standard InChI is InChI=1S/C17H17NO4/c1-12(16(20)18-14-10-6-3-7-11-14)22-17(21)15(19)13-8-4-2-5-9-13/h2-12,15,19H,1H3,(H,18,20)/t12-,15-/m0/s1. The first-order chi connectivity index (χ1) is 10.6. The van der Waals surface area contributed by atoms with Crippen LogP contribution in [0.2, 0.25) is 0 Å². The van der Waals surface area contributed by atoms with Crippen LogP contribution in [0, 0.1) is 0 Å². The van der Waals surface area contributed by atoms with E-state index in [4.69, 9.17) is 4.74 Å². The number of hydrogen-bond acceptors (Lipinski definition) is 4. The molecule has 5 heteroatoms. The zero-order valence-corrected chi connectivity index (χ0v) is 12.1. The molecular weight excluding hydrogens is 282 g/mol. The monoisotopic (exact) mass is 299 g/mol. The Kier molecular flexibility index (Phi) is 5.27. The number of benzene rings is 2. The summed E-state index contributed by atoms with van der Waals surface area (Å²) in [7, 11) is 0. The van der Waals surface area contributed by atoms with Gasteiger partial charge in [-0.1, -0.05) is 48.5 Å². The number of rotatable bonds is 5. The molecule has 0 aliphatic heterocycles. The van der Waals surface area contributed by atoms with Crippen LogP contribution < -0.4 is 5.32 Å². The highest BCUT2D eigenvalue weighted by Gasteiger charge is 2.24. The Bertz CT molecular complexity index is 628. The molecule has 22 heavy (non-hydrogen) atoms. The molecule has 0 aliphatic rings. The van der Waals surface area contributed by atoms with Gasteiger partial charge in [-0.05, 0) is 24.6 Å². The van der Waals surface area contributed by atoms with Gasteiger partial charge in [0, 0.05) is 5.69 Å². The van der Waals surface area contributed by atoms with Crippen LogP contribution in [0.5, 0.6) is 0 Å². The summed E-state index contributed by atoms with van der Waals surface area (Å²) in [5, 5.41) is 12.5. The topological polar surface area (TPSA) is 75.6 Å². The fourth-order valence-corrected chi connectivity index (χ4v) is 1.83. The Morgan fingerprint density at radius 3 is 2.14 bits per heavy atom. The number of nitrogens with one attached hydrogen (secondary N) is 1. The largest absolute Gasteiger partial charge is 0.450 e. The van der Waals surface area contributed by atoms with Crippen molar-refractivity contribution in [2.75, 3.05) is 5.32 Å². The second-order valence-electron chi connectivity index (χ2n) is 4.75. The van der Waals surface area contributed by atoms with E-state index in [-0.39, 0.29) is 0 Å². The molecule has 114 valence electrons. The van der Waals surface area contributed by atoms with Crippen molar-refractivity contribution in [1.29, 1.82) is 0 Å². The van der Waals surface area contributed by atoms with E-state index in [1.54, 1.807) is 54.6 Å². The maximum absolute atomic E-state index is 11.9. The molecule has 2 aromatic carbocycles. The third-order valence-electron chi connectivity index (χ3n) is 3.04. The highest BCUT2D eigenvalue weighted by atomic mass is 16.6. The van der Waals surface area contributed by atoms with Crippen LogP contribution in [0.15, 0.2) is 60.7 Å². The lowest BCUT2D eigenvalue weighted by Crippen LogP contribution is -2.31. The van der Waals surface area contributed by atoms with Crippen molar-refractivity contribution in [1.82, 2.24) is 0 Å². The van der Waals surface area contributed by atoms with Crippen LogP contribution >= 0.6 is 0 Å². The fourth-order valence-electron chi connectivity index (χ4n) is 1.83. The SMILES string of the molecule is C[C@H](OC(=O)[C@@H](O)c1ccccc1)C(=O)Nc1ccccc1. The Morgan fingerprint density at radius 1 is 1.00 bits per heavy atom. The lowest BCUT2D eigenvalue weighted by Gasteiger charge is -2.16. The van der Waals surface area contributed by atoms with Crippen LogP contribution in [0.1, 0.15) is 18.6 Å². The fraction of sp³-hybridized carbons (Fsp3) is 0.176. The highest BCUT2D eigenvalue weighted by molar-refractivity contribution is 5.95. The van der Waals surface area contributed by atoms with Gasteiger partial charge in [-0.3, -0.25) is 4.79 Å². The third kappa shape index (κ3) is 4.17. The third-order valence-corrected chi connectivity index (χ3v) is 3.04. The van der Waals surface area contributed by atoms with E-state index in [2.05, 4.69) is 5.32 Å². The summed E-state index contributed by atoms with van der Waals surface area (Å²) in [6, 6.07) is 17.3. The Balaban J connectivity index is 1.92. The van der Waals surface area contributed by atoms with Gasteiger partial charge in [0.1, 0.15) is 0 Å². The average molecular weight is 299 g/mol. The van der Waals surface area contributed by atoms with Crippen molar-refractivity contribution in [2.24, 2.45) is 0 Å². The molecule has 0 heterocycles. The maximum Gasteiger partial charge on any atom is 0.340 e. The Morgan fingerprint density at radius 2 is 1.55 bits per heavy atom. The van der Waals surface area contributed by atoms with Gasteiger partial charge >= 0.3 is 5.97 Å². The smallest absolute Gasteiger partial charge is 0.340 e. The second kappa shape index (κ2) is 7.38. The number of amides is 1. The van der Waals surface area contributed by atoms with Gasteiger partial charge in [0.15, 0.2) is 12.2 Å². The number of hydrogen-bond donors (Lipinski definition) is 2. The average Bonchev–Trinajstić information content (AvgIpc) is 2.55. The Labute approximate surface area is 128 Å². The molecule has 0 saturated heterocycles. The molecule has 0 saturated carbocycles. The summed E-state index contributed by atoms with van der Waals surface area (Å²) < 4.78 is 5.00. The normalized spacial score (nSPS) is 13.0. The van der Waals surface area contributed by atoms with Gasteiger partial charge in [-0.2, -0.15) is 0 Å². The lowest BCUT2D eigenvalue weighted by molar-refractivity contribution is -0.162. The highest BCUT2D eigenvalue weighted by Crippen LogP contribution is 2.15. The van der Waals surface area contributed by atoms with E-state index in [1.165, 1.54) is 6.92 Å². The van der Waals surface area contributed by atoms with E-state index >= 15 is 0 Å². The molecule has 0 unspecified atom stereocenters. The van der Waals surface area contributed by atoms with E-state index < -0.39 is 24.1 Å². The molecule has 0 aliphatic carbocycles. The minimum Gasteiger partial charge on any atom is -0.450 e. The number of aliphatic hydroxyl groups is 1. The van der Waals surface area contributed by atoms with Gasteiger partial charge in [-0.25, -0.2) is 4.79 Å². The van der Waals surface area contributed by atoms with Crippen molar-refractivity contribution in [3.8, 4) is 0 Å². The quantitative estimate of drug-likeness (QED) is 0.831. The summed E-state index contributed by atoms with van der Waals surface area (Å²) in [4.78, 5) is 23.8. The number of carbonyl (C=O) groups is 2. The van der Waals surface area contributed by atoms with E-state index in [9.17, 15) is 14.7 Å². The summed E-state index contributed by atoms with van der Waals surface area (Å²) in [5.74, 6) is -1.32.